The molecule has 2 saturated heterocycles. The Bertz CT molecular complexity index is 531. The first-order valence-corrected chi connectivity index (χ1v) is 7.50. The zero-order valence-corrected chi connectivity index (χ0v) is 12.3. The summed E-state index contributed by atoms with van der Waals surface area (Å²) in [7, 11) is 0. The van der Waals surface area contributed by atoms with Crippen LogP contribution in [0.3, 0.4) is 0 Å². The van der Waals surface area contributed by atoms with E-state index in [-0.39, 0.29) is 24.0 Å². The maximum Gasteiger partial charge on any atom is 0.410 e. The van der Waals surface area contributed by atoms with Gasteiger partial charge in [0.2, 0.25) is 0 Å². The molecule has 1 aromatic carbocycles. The zero-order valence-electron chi connectivity index (χ0n) is 12.3. The molecule has 2 aliphatic rings. The minimum absolute atomic E-state index is 0.270. The summed E-state index contributed by atoms with van der Waals surface area (Å²) in [5.74, 6) is 0.113. The summed E-state index contributed by atoms with van der Waals surface area (Å²) in [4.78, 5) is 13.8. The second kappa shape index (κ2) is 5.64. The highest BCUT2D eigenvalue weighted by Gasteiger charge is 2.49. The molecule has 0 bridgehead atoms. The van der Waals surface area contributed by atoms with E-state index in [1.807, 2.05) is 0 Å². The third-order valence-corrected chi connectivity index (χ3v) is 4.83. The normalized spacial score (nSPS) is 27.0. The number of hydrogen-bond acceptors (Lipinski definition) is 3. The van der Waals surface area contributed by atoms with Crippen LogP contribution in [0.2, 0.25) is 0 Å². The van der Waals surface area contributed by atoms with Crippen molar-refractivity contribution in [1.29, 1.82) is 0 Å². The van der Waals surface area contributed by atoms with E-state index in [0.29, 0.717) is 18.1 Å². The Balaban J connectivity index is 1.83. The molecule has 5 heteroatoms. The third kappa shape index (κ3) is 2.62. The number of nitrogens with zero attached hydrogens (tertiary/aromatic N) is 1. The zero-order chi connectivity index (χ0) is 14.9. The van der Waals surface area contributed by atoms with E-state index in [9.17, 15) is 9.18 Å². The second-order valence-corrected chi connectivity index (χ2v) is 6.11. The largest absolute Gasteiger partial charge is 0.447 e. The van der Waals surface area contributed by atoms with E-state index < -0.39 is 0 Å². The number of carbonyl (C=O) groups is 1. The molecule has 0 spiro atoms. The molecule has 2 aliphatic heterocycles. The number of amides is 1. The van der Waals surface area contributed by atoms with E-state index in [0.717, 1.165) is 25.9 Å². The van der Waals surface area contributed by atoms with Crippen LogP contribution in [0.5, 0.6) is 0 Å². The number of rotatable bonds is 3. The molecule has 1 amide bonds. The number of carbonyl (C=O) groups excluding carboxylic acids is 1. The van der Waals surface area contributed by atoms with Crippen molar-refractivity contribution in [3.63, 3.8) is 0 Å². The Morgan fingerprint density at radius 1 is 1.38 bits per heavy atom. The summed E-state index contributed by atoms with van der Waals surface area (Å²) in [6.45, 7) is 4.65. The minimum atomic E-state index is -0.346. The molecule has 0 aliphatic carbocycles. The molecular weight excluding hydrogens is 271 g/mol. The average molecular weight is 292 g/mol. The molecule has 2 heterocycles. The average Bonchev–Trinajstić information content (AvgIpc) is 2.80. The van der Waals surface area contributed by atoms with Crippen LogP contribution in [-0.2, 0) is 11.3 Å². The highest BCUT2D eigenvalue weighted by atomic mass is 19.1. The summed E-state index contributed by atoms with van der Waals surface area (Å²) in [6, 6.07) is 6.61. The van der Waals surface area contributed by atoms with Crippen molar-refractivity contribution >= 4 is 6.09 Å². The van der Waals surface area contributed by atoms with E-state index in [1.165, 1.54) is 6.07 Å². The number of halogens is 1. The Hall–Kier alpha value is -1.62. The van der Waals surface area contributed by atoms with Gasteiger partial charge in [-0.15, -0.1) is 0 Å². The predicted molar refractivity (Wildman–Crippen MR) is 77.3 cm³/mol. The number of ether oxygens (including phenoxy) is 1. The molecule has 1 aromatic rings. The molecular formula is C16H21FN2O2. The summed E-state index contributed by atoms with van der Waals surface area (Å²) in [6.07, 6.45) is 1.70. The van der Waals surface area contributed by atoms with E-state index in [1.54, 1.807) is 23.1 Å². The van der Waals surface area contributed by atoms with Crippen LogP contribution in [0, 0.1) is 11.7 Å². The molecule has 1 atom stereocenters. The molecule has 3 rings (SSSR count). The quantitative estimate of drug-likeness (QED) is 0.931. The lowest BCUT2D eigenvalue weighted by atomic mass is 9.79. The lowest BCUT2D eigenvalue weighted by molar-refractivity contribution is 0.0882. The number of hydrogen-bond donors (Lipinski definition) is 1. The molecule has 1 N–H and O–H groups in total. The van der Waals surface area contributed by atoms with Gasteiger partial charge in [-0.05, 0) is 44.8 Å². The van der Waals surface area contributed by atoms with Gasteiger partial charge in [0.25, 0.3) is 0 Å². The standard InChI is InChI=1S/C16H21FN2O2/c1-16(13-6-8-18-9-7-13)11-21-15(20)19(16)10-12-4-2-3-5-14(12)17/h2-5,13,18H,6-11H2,1H3. The maximum absolute atomic E-state index is 13.9. The van der Waals surface area contributed by atoms with Crippen molar-refractivity contribution in [3.05, 3.63) is 35.6 Å². The van der Waals surface area contributed by atoms with Crippen molar-refractivity contribution in [2.45, 2.75) is 31.8 Å². The molecule has 2 fully saturated rings. The first kappa shape index (κ1) is 14.3. The fraction of sp³-hybridized carbons (Fsp3) is 0.562. The second-order valence-electron chi connectivity index (χ2n) is 6.11. The SMILES string of the molecule is CC1(C2CCNCC2)COC(=O)N1Cc1ccccc1F. The van der Waals surface area contributed by atoms with Gasteiger partial charge >= 0.3 is 6.09 Å². The maximum atomic E-state index is 13.9. The lowest BCUT2D eigenvalue weighted by Gasteiger charge is -2.41. The predicted octanol–water partition coefficient (Wildman–Crippen LogP) is 2.54. The minimum Gasteiger partial charge on any atom is -0.447 e. The van der Waals surface area contributed by atoms with Gasteiger partial charge in [0, 0.05) is 5.56 Å². The molecule has 1 unspecified atom stereocenters. The summed E-state index contributed by atoms with van der Waals surface area (Å²) >= 11 is 0. The molecule has 0 radical (unpaired) electrons. The van der Waals surface area contributed by atoms with Gasteiger partial charge in [-0.25, -0.2) is 9.18 Å². The molecule has 0 saturated carbocycles. The molecule has 21 heavy (non-hydrogen) atoms. The van der Waals surface area contributed by atoms with Crippen LogP contribution in [0.1, 0.15) is 25.3 Å². The van der Waals surface area contributed by atoms with Crippen molar-refractivity contribution in [3.8, 4) is 0 Å². The number of benzene rings is 1. The van der Waals surface area contributed by atoms with Crippen LogP contribution in [-0.4, -0.2) is 36.2 Å². The molecule has 114 valence electrons. The van der Waals surface area contributed by atoms with Crippen LogP contribution in [0.15, 0.2) is 24.3 Å². The van der Waals surface area contributed by atoms with Crippen molar-refractivity contribution < 1.29 is 13.9 Å². The monoisotopic (exact) mass is 292 g/mol. The van der Waals surface area contributed by atoms with Gasteiger partial charge in [0.1, 0.15) is 12.4 Å². The van der Waals surface area contributed by atoms with Gasteiger partial charge in [-0.3, -0.25) is 4.90 Å². The molecule has 0 aromatic heterocycles. The topological polar surface area (TPSA) is 41.6 Å². The fourth-order valence-electron chi connectivity index (χ4n) is 3.40. The summed E-state index contributed by atoms with van der Waals surface area (Å²) in [5, 5.41) is 3.34. The first-order valence-electron chi connectivity index (χ1n) is 7.50. The van der Waals surface area contributed by atoms with Crippen molar-refractivity contribution in [2.24, 2.45) is 5.92 Å². The van der Waals surface area contributed by atoms with Gasteiger partial charge in [0.05, 0.1) is 12.1 Å². The Kier molecular flexibility index (Phi) is 3.85. The first-order chi connectivity index (χ1) is 10.1. The summed E-state index contributed by atoms with van der Waals surface area (Å²) < 4.78 is 19.2. The Morgan fingerprint density at radius 2 is 2.10 bits per heavy atom. The molecule has 4 nitrogen and oxygen atoms in total. The number of cyclic esters (lactones) is 1. The Labute approximate surface area is 124 Å². The highest BCUT2D eigenvalue weighted by molar-refractivity contribution is 5.71. The van der Waals surface area contributed by atoms with Gasteiger partial charge in [-0.2, -0.15) is 0 Å². The third-order valence-electron chi connectivity index (χ3n) is 4.83. The van der Waals surface area contributed by atoms with Gasteiger partial charge in [-0.1, -0.05) is 18.2 Å². The van der Waals surface area contributed by atoms with Crippen molar-refractivity contribution in [1.82, 2.24) is 10.2 Å². The van der Waals surface area contributed by atoms with E-state index in [4.69, 9.17) is 4.74 Å². The lowest BCUT2D eigenvalue weighted by Crippen LogP contribution is -2.52. The van der Waals surface area contributed by atoms with E-state index in [2.05, 4.69) is 12.2 Å². The number of nitrogens with one attached hydrogen (secondary N) is 1. The van der Waals surface area contributed by atoms with Crippen LogP contribution in [0.25, 0.3) is 0 Å². The van der Waals surface area contributed by atoms with Crippen LogP contribution in [0.4, 0.5) is 9.18 Å². The fourth-order valence-corrected chi connectivity index (χ4v) is 3.40. The van der Waals surface area contributed by atoms with E-state index >= 15 is 0 Å². The van der Waals surface area contributed by atoms with Gasteiger partial charge < -0.3 is 10.1 Å². The summed E-state index contributed by atoms with van der Waals surface area (Å²) in [5.41, 5.74) is 0.193. The van der Waals surface area contributed by atoms with Gasteiger partial charge in [0.15, 0.2) is 0 Å². The Morgan fingerprint density at radius 3 is 2.81 bits per heavy atom. The smallest absolute Gasteiger partial charge is 0.410 e. The van der Waals surface area contributed by atoms with Crippen molar-refractivity contribution in [2.75, 3.05) is 19.7 Å². The highest BCUT2D eigenvalue weighted by Crippen LogP contribution is 2.37. The van der Waals surface area contributed by atoms with Crippen LogP contribution >= 0.6 is 0 Å². The van der Waals surface area contributed by atoms with Crippen LogP contribution < -0.4 is 5.32 Å². The number of piperidine rings is 1.